The zero-order chi connectivity index (χ0) is 9.14. The Labute approximate surface area is 81.0 Å². The average Bonchev–Trinajstić information content (AvgIpc) is 2.10. The number of halogens is 2. The van der Waals surface area contributed by atoms with Crippen molar-refractivity contribution in [3.8, 4) is 11.5 Å². The molecular weight excluding hydrogens is 199 g/mol. The van der Waals surface area contributed by atoms with Crippen LogP contribution in [0.3, 0.4) is 0 Å². The molecule has 0 atom stereocenters. The predicted molar refractivity (Wildman–Crippen MR) is 48.4 cm³/mol. The van der Waals surface area contributed by atoms with Gasteiger partial charge in [-0.05, 0) is 6.07 Å². The molecule has 0 spiro atoms. The number of hydrogen-bond acceptors (Lipinski definition) is 2. The zero-order valence-electron chi connectivity index (χ0n) is 6.65. The molecule has 1 rings (SSSR count). The monoisotopic (exact) mass is 205 g/mol. The molecule has 0 aliphatic rings. The number of methoxy groups -OCH3 is 2. The van der Waals surface area contributed by atoms with E-state index in [1.54, 1.807) is 6.07 Å². The van der Waals surface area contributed by atoms with Gasteiger partial charge in [-0.2, -0.15) is 0 Å². The lowest BCUT2D eigenvalue weighted by atomic mass is 10.3. The Morgan fingerprint density at radius 2 is 1.83 bits per heavy atom. The van der Waals surface area contributed by atoms with E-state index in [2.05, 4.69) is 6.07 Å². The second kappa shape index (κ2) is 3.87. The van der Waals surface area contributed by atoms with Gasteiger partial charge in [0.05, 0.1) is 14.2 Å². The maximum absolute atomic E-state index is 5.82. The Bertz CT molecular complexity index is 258. The van der Waals surface area contributed by atoms with Crippen LogP contribution >= 0.6 is 23.2 Å². The van der Waals surface area contributed by atoms with Crippen molar-refractivity contribution >= 4 is 23.2 Å². The number of ether oxygens (including phenoxy) is 2. The number of benzene rings is 1. The molecule has 0 bridgehead atoms. The average molecular weight is 206 g/mol. The largest absolute Gasteiger partial charge is 0.495 e. The maximum atomic E-state index is 5.82. The highest BCUT2D eigenvalue weighted by atomic mass is 35.5. The second-order valence-electron chi connectivity index (χ2n) is 2.02. The SMILES string of the molecule is COc1[c]cc(OC)c(Cl)c1Cl. The van der Waals surface area contributed by atoms with Gasteiger partial charge in [0.2, 0.25) is 0 Å². The van der Waals surface area contributed by atoms with E-state index in [-0.39, 0.29) is 0 Å². The lowest BCUT2D eigenvalue weighted by Crippen LogP contribution is -1.88. The molecule has 0 aromatic heterocycles. The van der Waals surface area contributed by atoms with Gasteiger partial charge in [0.25, 0.3) is 0 Å². The topological polar surface area (TPSA) is 18.5 Å². The summed E-state index contributed by atoms with van der Waals surface area (Å²) in [5.74, 6) is 0.907. The van der Waals surface area contributed by atoms with Crippen LogP contribution < -0.4 is 9.47 Å². The normalized spacial score (nSPS) is 9.67. The minimum absolute atomic E-state index is 0.318. The van der Waals surface area contributed by atoms with E-state index in [1.165, 1.54) is 14.2 Å². The van der Waals surface area contributed by atoms with Gasteiger partial charge < -0.3 is 9.47 Å². The van der Waals surface area contributed by atoms with Crippen LogP contribution in [-0.4, -0.2) is 14.2 Å². The Morgan fingerprint density at radius 1 is 1.17 bits per heavy atom. The van der Waals surface area contributed by atoms with Gasteiger partial charge in [-0.25, -0.2) is 0 Å². The molecule has 0 saturated carbocycles. The van der Waals surface area contributed by atoms with Crippen molar-refractivity contribution in [3.05, 3.63) is 22.2 Å². The van der Waals surface area contributed by atoms with E-state index in [4.69, 9.17) is 32.7 Å². The summed E-state index contributed by atoms with van der Waals surface area (Å²) in [7, 11) is 3.01. The molecule has 0 saturated heterocycles. The summed E-state index contributed by atoms with van der Waals surface area (Å²) < 4.78 is 9.82. The standard InChI is InChI=1S/C8H7Cl2O2/c1-11-5-3-4-6(12-2)8(10)7(5)9/h3H,1-2H3. The first-order valence-electron chi connectivity index (χ1n) is 3.18. The number of hydrogen-bond donors (Lipinski definition) is 0. The number of rotatable bonds is 2. The van der Waals surface area contributed by atoms with Gasteiger partial charge in [-0.3, -0.25) is 0 Å². The Balaban J connectivity index is 3.20. The van der Waals surface area contributed by atoms with Crippen LogP contribution in [0.1, 0.15) is 0 Å². The van der Waals surface area contributed by atoms with E-state index in [0.717, 1.165) is 0 Å². The fourth-order valence-corrected chi connectivity index (χ4v) is 1.21. The molecule has 65 valence electrons. The Morgan fingerprint density at radius 3 is 2.33 bits per heavy atom. The van der Waals surface area contributed by atoms with E-state index in [0.29, 0.717) is 21.5 Å². The van der Waals surface area contributed by atoms with Crippen LogP contribution in [-0.2, 0) is 0 Å². The van der Waals surface area contributed by atoms with Crippen LogP contribution in [0, 0.1) is 6.07 Å². The Kier molecular flexibility index (Phi) is 3.06. The van der Waals surface area contributed by atoms with E-state index < -0.39 is 0 Å². The summed E-state index contributed by atoms with van der Waals surface area (Å²) in [5.41, 5.74) is 0. The molecule has 12 heavy (non-hydrogen) atoms. The highest BCUT2D eigenvalue weighted by molar-refractivity contribution is 6.43. The summed E-state index contributed by atoms with van der Waals surface area (Å²) in [6.45, 7) is 0. The minimum atomic E-state index is 0.318. The van der Waals surface area contributed by atoms with Crippen LogP contribution in [0.15, 0.2) is 6.07 Å². The molecule has 1 aromatic carbocycles. The van der Waals surface area contributed by atoms with Crippen LogP contribution in [0.4, 0.5) is 0 Å². The van der Waals surface area contributed by atoms with Gasteiger partial charge in [0.1, 0.15) is 21.5 Å². The third kappa shape index (κ3) is 1.59. The molecule has 0 fully saturated rings. The van der Waals surface area contributed by atoms with E-state index in [1.807, 2.05) is 0 Å². The zero-order valence-corrected chi connectivity index (χ0v) is 8.16. The lowest BCUT2D eigenvalue weighted by molar-refractivity contribution is 0.403. The van der Waals surface area contributed by atoms with Gasteiger partial charge in [-0.15, -0.1) is 0 Å². The van der Waals surface area contributed by atoms with E-state index >= 15 is 0 Å². The quantitative estimate of drug-likeness (QED) is 0.740. The summed E-state index contributed by atoms with van der Waals surface area (Å²) in [6, 6.07) is 4.36. The fourth-order valence-electron chi connectivity index (χ4n) is 0.763. The molecule has 1 aromatic rings. The molecule has 0 N–H and O–H groups in total. The molecule has 2 nitrogen and oxygen atoms in total. The summed E-state index contributed by atoms with van der Waals surface area (Å²) in [6.07, 6.45) is 0. The fraction of sp³-hybridized carbons (Fsp3) is 0.250. The van der Waals surface area contributed by atoms with Crippen molar-refractivity contribution in [2.75, 3.05) is 14.2 Å². The van der Waals surface area contributed by atoms with Crippen molar-refractivity contribution in [3.63, 3.8) is 0 Å². The smallest absolute Gasteiger partial charge is 0.147 e. The molecule has 0 aliphatic heterocycles. The molecule has 1 radical (unpaired) electrons. The van der Waals surface area contributed by atoms with Crippen LogP contribution in [0.25, 0.3) is 0 Å². The first-order chi connectivity index (χ1) is 5.70. The predicted octanol–water partition coefficient (Wildman–Crippen LogP) is 2.81. The Hall–Kier alpha value is -0.600. The highest BCUT2D eigenvalue weighted by Crippen LogP contribution is 2.37. The molecule has 0 amide bonds. The molecule has 0 heterocycles. The molecular formula is C8H7Cl2O2. The third-order valence-electron chi connectivity index (χ3n) is 1.37. The lowest BCUT2D eigenvalue weighted by Gasteiger charge is -2.07. The minimum Gasteiger partial charge on any atom is -0.495 e. The van der Waals surface area contributed by atoms with Crippen molar-refractivity contribution < 1.29 is 9.47 Å². The van der Waals surface area contributed by atoms with Crippen molar-refractivity contribution in [2.24, 2.45) is 0 Å². The molecule has 0 unspecified atom stereocenters. The molecule has 4 heteroatoms. The van der Waals surface area contributed by atoms with Crippen molar-refractivity contribution in [1.82, 2.24) is 0 Å². The summed E-state index contributed by atoms with van der Waals surface area (Å²) >= 11 is 11.6. The van der Waals surface area contributed by atoms with Gasteiger partial charge in [-0.1, -0.05) is 23.2 Å². The third-order valence-corrected chi connectivity index (χ3v) is 2.20. The van der Waals surface area contributed by atoms with Crippen molar-refractivity contribution in [2.45, 2.75) is 0 Å². The highest BCUT2D eigenvalue weighted by Gasteiger charge is 2.10. The van der Waals surface area contributed by atoms with Crippen molar-refractivity contribution in [1.29, 1.82) is 0 Å². The maximum Gasteiger partial charge on any atom is 0.147 e. The first-order valence-corrected chi connectivity index (χ1v) is 3.94. The van der Waals surface area contributed by atoms with E-state index in [9.17, 15) is 0 Å². The summed E-state index contributed by atoms with van der Waals surface area (Å²) in [5, 5.41) is 0.660. The van der Waals surface area contributed by atoms with Gasteiger partial charge in [0.15, 0.2) is 0 Å². The first kappa shape index (κ1) is 9.49. The second-order valence-corrected chi connectivity index (χ2v) is 2.77. The van der Waals surface area contributed by atoms with Crippen LogP contribution in [0.2, 0.25) is 10.0 Å². The van der Waals surface area contributed by atoms with Crippen LogP contribution in [0.5, 0.6) is 11.5 Å². The molecule has 0 aliphatic carbocycles. The van der Waals surface area contributed by atoms with Gasteiger partial charge in [0, 0.05) is 6.07 Å². The summed E-state index contributed by atoms with van der Waals surface area (Å²) in [4.78, 5) is 0. The van der Waals surface area contributed by atoms with Gasteiger partial charge >= 0.3 is 0 Å².